The van der Waals surface area contributed by atoms with Gasteiger partial charge in [0.1, 0.15) is 5.60 Å². The number of allylic oxidation sites excluding steroid dienone is 1. The molecule has 0 amide bonds. The van der Waals surface area contributed by atoms with Gasteiger partial charge in [0.25, 0.3) is 0 Å². The summed E-state index contributed by atoms with van der Waals surface area (Å²) in [5.41, 5.74) is 1.36. The molecule has 4 rings (SSSR count). The quantitative estimate of drug-likeness (QED) is 0.170. The highest BCUT2D eigenvalue weighted by Gasteiger charge is 2.65. The molecule has 0 aromatic rings. The Morgan fingerprint density at radius 1 is 0.971 bits per heavy atom. The summed E-state index contributed by atoms with van der Waals surface area (Å²) in [5, 5.41) is 0. The van der Waals surface area contributed by atoms with Crippen LogP contribution in [0.1, 0.15) is 124 Å². The topological polar surface area (TPSA) is 43.4 Å². The number of hydrogen-bond donors (Lipinski definition) is 0. The Labute approximate surface area is 219 Å². The lowest BCUT2D eigenvalue weighted by Gasteiger charge is -2.61. The molecular formula is C31H49ClO3. The predicted molar refractivity (Wildman–Crippen MR) is 143 cm³/mol. The van der Waals surface area contributed by atoms with Gasteiger partial charge in [0.05, 0.1) is 0 Å². The fraction of sp³-hybridized carbons (Fsp3) is 0.871. The van der Waals surface area contributed by atoms with Gasteiger partial charge in [-0.3, -0.25) is 9.59 Å². The number of ether oxygens (including phenoxy) is 1. The summed E-state index contributed by atoms with van der Waals surface area (Å²) in [6.45, 7) is 8.69. The highest BCUT2D eigenvalue weighted by atomic mass is 35.5. The molecule has 0 saturated heterocycles. The van der Waals surface area contributed by atoms with E-state index in [0.29, 0.717) is 35.9 Å². The third kappa shape index (κ3) is 5.14. The molecule has 7 atom stereocenters. The van der Waals surface area contributed by atoms with Crippen LogP contribution in [0.25, 0.3) is 0 Å². The number of carbonyl (C=O) groups is 2. The Bertz CT molecular complexity index is 820. The standard InChI is InChI=1S/C31H49ClO3/c1-22(33)35-31(4)18-15-27-28-23(12-10-8-6-5-7-9-11-19-32)20-24-21-25(34)13-16-29(24,2)26(28)14-17-30(27,31)3/h21,23,26-28H,5-20H2,1-4H3/t23-,26?,27?,28?,29+,30+,31+/m1/s1. The third-order valence-electron chi connectivity index (χ3n) is 11.2. The van der Waals surface area contributed by atoms with Gasteiger partial charge in [0.15, 0.2) is 5.78 Å². The fourth-order valence-corrected chi connectivity index (χ4v) is 9.29. The lowest BCUT2D eigenvalue weighted by Crippen LogP contribution is -2.57. The normalized spacial score (nSPS) is 40.5. The summed E-state index contributed by atoms with van der Waals surface area (Å²) < 4.78 is 6.08. The molecule has 0 heterocycles. The molecule has 0 N–H and O–H groups in total. The fourth-order valence-electron chi connectivity index (χ4n) is 9.10. The first-order valence-corrected chi connectivity index (χ1v) is 15.2. The lowest BCUT2D eigenvalue weighted by molar-refractivity contribution is -0.180. The van der Waals surface area contributed by atoms with E-state index in [0.717, 1.165) is 38.0 Å². The van der Waals surface area contributed by atoms with Crippen molar-refractivity contribution in [2.24, 2.45) is 34.5 Å². The molecule has 3 nitrogen and oxygen atoms in total. The van der Waals surface area contributed by atoms with Gasteiger partial charge in [-0.15, -0.1) is 11.6 Å². The Balaban J connectivity index is 1.51. The maximum absolute atomic E-state index is 12.4. The predicted octanol–water partition coefficient (Wildman–Crippen LogP) is 8.43. The number of rotatable bonds is 10. The number of carbonyl (C=O) groups excluding carboxylic acids is 2. The van der Waals surface area contributed by atoms with Crippen molar-refractivity contribution in [1.82, 2.24) is 0 Å². The molecule has 4 aliphatic carbocycles. The number of hydrogen-bond acceptors (Lipinski definition) is 3. The van der Waals surface area contributed by atoms with Gasteiger partial charge >= 0.3 is 5.97 Å². The molecule has 0 aromatic heterocycles. The number of unbranched alkanes of at least 4 members (excludes halogenated alkanes) is 6. The van der Waals surface area contributed by atoms with E-state index in [1.54, 1.807) is 6.92 Å². The minimum atomic E-state index is -0.346. The zero-order chi connectivity index (χ0) is 25.3. The van der Waals surface area contributed by atoms with E-state index in [2.05, 4.69) is 26.8 Å². The molecule has 3 saturated carbocycles. The zero-order valence-electron chi connectivity index (χ0n) is 22.8. The largest absolute Gasteiger partial charge is 0.459 e. The smallest absolute Gasteiger partial charge is 0.303 e. The monoisotopic (exact) mass is 504 g/mol. The van der Waals surface area contributed by atoms with Gasteiger partial charge < -0.3 is 4.74 Å². The van der Waals surface area contributed by atoms with Gasteiger partial charge in [-0.25, -0.2) is 0 Å². The van der Waals surface area contributed by atoms with Crippen LogP contribution in [0.4, 0.5) is 0 Å². The van der Waals surface area contributed by atoms with E-state index in [9.17, 15) is 9.59 Å². The lowest BCUT2D eigenvalue weighted by atomic mass is 9.44. The van der Waals surface area contributed by atoms with E-state index >= 15 is 0 Å². The maximum Gasteiger partial charge on any atom is 0.303 e. The molecule has 0 spiro atoms. The number of fused-ring (bicyclic) bond motifs is 5. The molecule has 0 aliphatic heterocycles. The molecule has 3 unspecified atom stereocenters. The molecule has 0 bridgehead atoms. The highest BCUT2D eigenvalue weighted by Crippen LogP contribution is 2.69. The maximum atomic E-state index is 12.4. The molecule has 0 radical (unpaired) electrons. The summed E-state index contributed by atoms with van der Waals surface area (Å²) in [6.07, 6.45) is 19.7. The molecule has 35 heavy (non-hydrogen) atoms. The summed E-state index contributed by atoms with van der Waals surface area (Å²) in [7, 11) is 0. The van der Waals surface area contributed by atoms with Crippen LogP contribution >= 0.6 is 11.6 Å². The van der Waals surface area contributed by atoms with Crippen LogP contribution < -0.4 is 0 Å². The highest BCUT2D eigenvalue weighted by molar-refractivity contribution is 6.17. The van der Waals surface area contributed by atoms with Crippen LogP contribution in [0, 0.1) is 34.5 Å². The van der Waals surface area contributed by atoms with E-state index < -0.39 is 0 Å². The molecule has 3 fully saturated rings. The summed E-state index contributed by atoms with van der Waals surface area (Å²) in [6, 6.07) is 0. The van der Waals surface area contributed by atoms with Crippen molar-refractivity contribution in [3.05, 3.63) is 11.6 Å². The summed E-state index contributed by atoms with van der Waals surface area (Å²) in [5.74, 6) is 3.62. The van der Waals surface area contributed by atoms with Crippen LogP contribution in [-0.2, 0) is 14.3 Å². The first-order valence-electron chi connectivity index (χ1n) is 14.6. The molecule has 4 aliphatic rings. The zero-order valence-corrected chi connectivity index (χ0v) is 23.6. The van der Waals surface area contributed by atoms with Crippen molar-refractivity contribution in [2.45, 2.75) is 130 Å². The van der Waals surface area contributed by atoms with Gasteiger partial charge in [0.2, 0.25) is 0 Å². The molecule has 0 aromatic carbocycles. The SMILES string of the molecule is CC(=O)O[C@@]1(C)CCC2C3C(CC[C@@]21C)[C@@]1(C)CCC(=O)C=C1C[C@H]3CCCCCCCCCCl. The van der Waals surface area contributed by atoms with Crippen molar-refractivity contribution >= 4 is 23.4 Å². The van der Waals surface area contributed by atoms with Gasteiger partial charge in [-0.05, 0) is 93.5 Å². The summed E-state index contributed by atoms with van der Waals surface area (Å²) >= 11 is 5.81. The van der Waals surface area contributed by atoms with Crippen LogP contribution in [0.2, 0.25) is 0 Å². The second kappa shape index (κ2) is 10.9. The molecule has 4 heteroatoms. The average molecular weight is 505 g/mol. The van der Waals surface area contributed by atoms with Crippen molar-refractivity contribution in [3.63, 3.8) is 0 Å². The van der Waals surface area contributed by atoms with Crippen LogP contribution in [0.15, 0.2) is 11.6 Å². The minimum Gasteiger partial charge on any atom is -0.459 e. The first kappa shape index (κ1) is 27.2. The van der Waals surface area contributed by atoms with Gasteiger partial charge in [-0.2, -0.15) is 0 Å². The first-order chi connectivity index (χ1) is 16.6. The van der Waals surface area contributed by atoms with Gasteiger partial charge in [0, 0.05) is 24.6 Å². The Hall–Kier alpha value is -0.830. The minimum absolute atomic E-state index is 0.0581. The van der Waals surface area contributed by atoms with E-state index in [1.165, 1.54) is 63.4 Å². The van der Waals surface area contributed by atoms with Crippen LogP contribution in [-0.4, -0.2) is 23.2 Å². The second-order valence-corrected chi connectivity index (χ2v) is 13.5. The Morgan fingerprint density at radius 3 is 2.31 bits per heavy atom. The van der Waals surface area contributed by atoms with Crippen LogP contribution in [0.5, 0.6) is 0 Å². The Morgan fingerprint density at radius 2 is 1.63 bits per heavy atom. The average Bonchev–Trinajstić information content (AvgIpc) is 3.06. The van der Waals surface area contributed by atoms with Crippen molar-refractivity contribution in [2.75, 3.05) is 5.88 Å². The number of ketones is 1. The van der Waals surface area contributed by atoms with Gasteiger partial charge in [-0.1, -0.05) is 57.9 Å². The van der Waals surface area contributed by atoms with Crippen molar-refractivity contribution in [1.29, 1.82) is 0 Å². The van der Waals surface area contributed by atoms with E-state index in [1.807, 2.05) is 0 Å². The number of halogens is 1. The second-order valence-electron chi connectivity index (χ2n) is 13.1. The van der Waals surface area contributed by atoms with E-state index in [4.69, 9.17) is 16.3 Å². The number of esters is 1. The third-order valence-corrected chi connectivity index (χ3v) is 11.5. The number of alkyl halides is 1. The van der Waals surface area contributed by atoms with Crippen LogP contribution in [0.3, 0.4) is 0 Å². The van der Waals surface area contributed by atoms with Crippen molar-refractivity contribution < 1.29 is 14.3 Å². The Kier molecular flexibility index (Phi) is 8.46. The summed E-state index contributed by atoms with van der Waals surface area (Å²) in [4.78, 5) is 24.5. The van der Waals surface area contributed by atoms with E-state index in [-0.39, 0.29) is 22.4 Å². The van der Waals surface area contributed by atoms with Crippen molar-refractivity contribution in [3.8, 4) is 0 Å². The molecular weight excluding hydrogens is 456 g/mol. The molecule has 198 valence electrons.